The van der Waals surface area contributed by atoms with E-state index in [0.29, 0.717) is 49.9 Å². The third kappa shape index (κ3) is 6.21. The first-order valence-corrected chi connectivity index (χ1v) is 17.5. The number of anilines is 2. The maximum atomic E-state index is 12.1. The van der Waals surface area contributed by atoms with Crippen LogP contribution in [0.5, 0.6) is 5.88 Å². The normalized spacial score (nSPS) is 21.3. The van der Waals surface area contributed by atoms with Crippen molar-refractivity contribution in [3.05, 3.63) is 22.7 Å². The second-order valence-corrected chi connectivity index (χ2v) is 14.7. The average molecular weight is 616 g/mol. The molecule has 1 N–H and O–H groups in total. The number of hydrogen-bond acceptors (Lipinski definition) is 11. The Morgan fingerprint density at radius 1 is 1.12 bits per heavy atom. The molecular weight excluding hydrogens is 574 g/mol. The van der Waals surface area contributed by atoms with Crippen molar-refractivity contribution in [3.8, 4) is 17.1 Å². The first-order chi connectivity index (χ1) is 20.2. The van der Waals surface area contributed by atoms with Gasteiger partial charge in [-0.25, -0.2) is 23.4 Å². The van der Waals surface area contributed by atoms with E-state index in [0.717, 1.165) is 41.8 Å². The highest BCUT2D eigenvalue weighted by atomic mass is 32.2. The van der Waals surface area contributed by atoms with Crippen molar-refractivity contribution in [1.82, 2.24) is 24.8 Å². The lowest BCUT2D eigenvalue weighted by molar-refractivity contribution is 0.100. The number of aromatic nitrogens is 3. The van der Waals surface area contributed by atoms with Crippen LogP contribution in [0, 0.1) is 6.92 Å². The molecule has 0 aromatic carbocycles. The maximum Gasteiger partial charge on any atom is 0.238 e. The predicted octanol–water partition coefficient (Wildman–Crippen LogP) is 3.73. The smallest absolute Gasteiger partial charge is 0.238 e. The van der Waals surface area contributed by atoms with E-state index in [1.807, 2.05) is 0 Å². The van der Waals surface area contributed by atoms with Crippen molar-refractivity contribution in [1.29, 1.82) is 0 Å². The number of morpholine rings is 1. The van der Waals surface area contributed by atoms with Gasteiger partial charge in [0.05, 0.1) is 42.5 Å². The summed E-state index contributed by atoms with van der Waals surface area (Å²) in [4.78, 5) is 23.3. The number of thiophene rings is 1. The molecule has 1 atom stereocenters. The zero-order valence-corrected chi connectivity index (χ0v) is 26.6. The summed E-state index contributed by atoms with van der Waals surface area (Å²) in [5.74, 6) is 0.868. The highest BCUT2D eigenvalue weighted by Gasteiger charge is 2.31. The molecule has 3 aliphatic rings. The maximum absolute atomic E-state index is 12.1. The predicted molar refractivity (Wildman–Crippen MR) is 167 cm³/mol. The van der Waals surface area contributed by atoms with E-state index in [1.165, 1.54) is 49.8 Å². The van der Waals surface area contributed by atoms with Crippen molar-refractivity contribution in [3.63, 3.8) is 0 Å². The van der Waals surface area contributed by atoms with Gasteiger partial charge in [0.1, 0.15) is 5.69 Å². The Morgan fingerprint density at radius 3 is 2.55 bits per heavy atom. The standard InChI is InChI=1S/C29H41N7O4S2/c1-19-6-5-9-36(19)22-7-10-34(11-8-22)18-23-20(2)41-27-25(31-29(32-26(23)27)35-12-14-40-15-13-35)21-16-24(33-42(4,37)38)28(39-3)30-17-21/h16-17,19,22,33H,5-15,18H2,1-4H3/t19-/m1/s1. The summed E-state index contributed by atoms with van der Waals surface area (Å²) in [5, 5.41) is 0. The number of hydrogen-bond donors (Lipinski definition) is 1. The molecule has 3 fully saturated rings. The molecule has 6 heterocycles. The molecule has 13 heteroatoms. The third-order valence-electron chi connectivity index (χ3n) is 8.74. The summed E-state index contributed by atoms with van der Waals surface area (Å²) < 4.78 is 38.7. The first kappa shape index (κ1) is 29.5. The summed E-state index contributed by atoms with van der Waals surface area (Å²) in [6, 6.07) is 3.15. The van der Waals surface area contributed by atoms with E-state index < -0.39 is 10.0 Å². The number of aryl methyl sites for hydroxylation is 1. The summed E-state index contributed by atoms with van der Waals surface area (Å²) >= 11 is 1.69. The summed E-state index contributed by atoms with van der Waals surface area (Å²) in [5.41, 5.74) is 3.94. The van der Waals surface area contributed by atoms with Gasteiger partial charge in [0, 0.05) is 53.9 Å². The Kier molecular flexibility index (Phi) is 8.56. The zero-order valence-electron chi connectivity index (χ0n) is 24.9. The Labute approximate surface area is 252 Å². The number of methoxy groups -OCH3 is 1. The number of nitrogens with zero attached hydrogens (tertiary/aromatic N) is 6. The number of ether oxygens (including phenoxy) is 2. The number of fused-ring (bicyclic) bond motifs is 1. The topological polar surface area (TPSA) is 113 Å². The van der Waals surface area contributed by atoms with Gasteiger partial charge in [0.2, 0.25) is 21.9 Å². The van der Waals surface area contributed by atoms with Gasteiger partial charge in [-0.15, -0.1) is 11.3 Å². The van der Waals surface area contributed by atoms with Crippen LogP contribution in [0.15, 0.2) is 12.3 Å². The van der Waals surface area contributed by atoms with Crippen molar-refractivity contribution in [2.45, 2.75) is 58.2 Å². The zero-order chi connectivity index (χ0) is 29.4. The minimum atomic E-state index is -3.54. The lowest BCUT2D eigenvalue weighted by atomic mass is 10.0. The van der Waals surface area contributed by atoms with Crippen molar-refractivity contribution in [2.75, 3.05) is 68.9 Å². The Morgan fingerprint density at radius 2 is 1.88 bits per heavy atom. The lowest BCUT2D eigenvalue weighted by Crippen LogP contribution is -2.45. The molecule has 42 heavy (non-hydrogen) atoms. The molecule has 3 aromatic heterocycles. The molecular formula is C29H41N7O4S2. The molecule has 3 aliphatic heterocycles. The molecule has 228 valence electrons. The third-order valence-corrected chi connectivity index (χ3v) is 10.5. The fraction of sp³-hybridized carbons (Fsp3) is 0.621. The van der Waals surface area contributed by atoms with Crippen LogP contribution in [0.25, 0.3) is 21.5 Å². The van der Waals surface area contributed by atoms with E-state index in [-0.39, 0.29) is 11.6 Å². The Balaban J connectivity index is 1.36. The average Bonchev–Trinajstić information content (AvgIpc) is 3.54. The summed E-state index contributed by atoms with van der Waals surface area (Å²) in [6.45, 7) is 11.5. The van der Waals surface area contributed by atoms with Crippen molar-refractivity contribution in [2.24, 2.45) is 0 Å². The van der Waals surface area contributed by atoms with E-state index in [4.69, 9.17) is 19.4 Å². The van der Waals surface area contributed by atoms with Crippen LogP contribution in [-0.2, 0) is 21.3 Å². The number of pyridine rings is 1. The van der Waals surface area contributed by atoms with Crippen LogP contribution in [0.1, 0.15) is 43.0 Å². The van der Waals surface area contributed by atoms with Gasteiger partial charge in [-0.2, -0.15) is 0 Å². The minimum absolute atomic E-state index is 0.206. The second kappa shape index (κ2) is 12.2. The Hall–Kier alpha value is -2.58. The first-order valence-electron chi connectivity index (χ1n) is 14.8. The SMILES string of the molecule is COc1ncc(-c2nc(N3CCOCC3)nc3c(CN4CCC(N5CCC[C@H]5C)CC4)c(C)sc23)cc1NS(C)(=O)=O. The summed E-state index contributed by atoms with van der Waals surface area (Å²) in [7, 11) is -2.07. The quantitative estimate of drug-likeness (QED) is 0.402. The summed E-state index contributed by atoms with van der Waals surface area (Å²) in [6.07, 6.45) is 7.86. The van der Waals surface area contributed by atoms with E-state index in [9.17, 15) is 8.42 Å². The van der Waals surface area contributed by atoms with Gasteiger partial charge in [0.25, 0.3) is 0 Å². The van der Waals surface area contributed by atoms with Crippen molar-refractivity contribution < 1.29 is 17.9 Å². The van der Waals surface area contributed by atoms with Gasteiger partial charge in [0.15, 0.2) is 0 Å². The Bertz CT molecular complexity index is 1530. The molecule has 3 saturated heterocycles. The van der Waals surface area contributed by atoms with E-state index in [2.05, 4.69) is 38.3 Å². The number of piperidine rings is 1. The number of nitrogens with one attached hydrogen (secondary N) is 1. The van der Waals surface area contributed by atoms with Crippen molar-refractivity contribution >= 4 is 43.2 Å². The van der Waals surface area contributed by atoms with Crippen LogP contribution >= 0.6 is 11.3 Å². The van der Waals surface area contributed by atoms with Crippen LogP contribution < -0.4 is 14.4 Å². The molecule has 6 rings (SSSR count). The van der Waals surface area contributed by atoms with Crippen LogP contribution in [-0.4, -0.2) is 105 Å². The molecule has 0 unspecified atom stereocenters. The fourth-order valence-electron chi connectivity index (χ4n) is 6.56. The van der Waals surface area contributed by atoms with Gasteiger partial charge in [-0.3, -0.25) is 14.5 Å². The molecule has 0 radical (unpaired) electrons. The van der Waals surface area contributed by atoms with Crippen LogP contribution in [0.3, 0.4) is 0 Å². The monoisotopic (exact) mass is 615 g/mol. The number of likely N-dealkylation sites (tertiary alicyclic amines) is 2. The number of rotatable bonds is 8. The molecule has 3 aromatic rings. The van der Waals surface area contributed by atoms with Crippen LogP contribution in [0.2, 0.25) is 0 Å². The minimum Gasteiger partial charge on any atom is -0.480 e. The molecule has 0 bridgehead atoms. The fourth-order valence-corrected chi connectivity index (χ4v) is 8.22. The van der Waals surface area contributed by atoms with E-state index >= 15 is 0 Å². The molecule has 0 amide bonds. The molecule has 0 aliphatic carbocycles. The van der Waals surface area contributed by atoms with Crippen LogP contribution in [0.4, 0.5) is 11.6 Å². The number of sulfonamides is 1. The molecule has 0 saturated carbocycles. The van der Waals surface area contributed by atoms with Gasteiger partial charge in [-0.1, -0.05) is 0 Å². The molecule has 11 nitrogen and oxygen atoms in total. The highest BCUT2D eigenvalue weighted by molar-refractivity contribution is 7.92. The lowest BCUT2D eigenvalue weighted by Gasteiger charge is -2.38. The highest BCUT2D eigenvalue weighted by Crippen LogP contribution is 2.40. The van der Waals surface area contributed by atoms with Gasteiger partial charge >= 0.3 is 0 Å². The van der Waals surface area contributed by atoms with Gasteiger partial charge < -0.3 is 14.4 Å². The largest absolute Gasteiger partial charge is 0.480 e. The second-order valence-electron chi connectivity index (χ2n) is 11.7. The molecule has 0 spiro atoms. The van der Waals surface area contributed by atoms with E-state index in [1.54, 1.807) is 23.6 Å². The van der Waals surface area contributed by atoms with Gasteiger partial charge in [-0.05, 0) is 65.2 Å².